The number of anilines is 2. The highest BCUT2D eigenvalue weighted by molar-refractivity contribution is 5.96. The second kappa shape index (κ2) is 11.6. The predicted molar refractivity (Wildman–Crippen MR) is 116 cm³/mol. The van der Waals surface area contributed by atoms with Gasteiger partial charge in [0, 0.05) is 40.3 Å². The molecule has 2 unspecified atom stereocenters. The van der Waals surface area contributed by atoms with Crippen molar-refractivity contribution in [1.82, 2.24) is 15.1 Å². The molecule has 29 heavy (non-hydrogen) atoms. The largest absolute Gasteiger partial charge is 0.382 e. The minimum absolute atomic E-state index is 0.0394. The van der Waals surface area contributed by atoms with Gasteiger partial charge in [0.15, 0.2) is 0 Å². The van der Waals surface area contributed by atoms with Crippen molar-refractivity contribution in [3.63, 3.8) is 0 Å². The van der Waals surface area contributed by atoms with Crippen LogP contribution in [0.15, 0.2) is 24.3 Å². The third kappa shape index (κ3) is 7.21. The van der Waals surface area contributed by atoms with E-state index in [0.29, 0.717) is 5.69 Å². The van der Waals surface area contributed by atoms with Gasteiger partial charge in [-0.15, -0.1) is 0 Å². The van der Waals surface area contributed by atoms with Crippen LogP contribution in [0, 0.1) is 5.92 Å². The zero-order valence-corrected chi connectivity index (χ0v) is 18.0. The molecule has 162 valence electrons. The predicted octanol–water partition coefficient (Wildman–Crippen LogP) is 2.06. The number of benzene rings is 1. The van der Waals surface area contributed by atoms with Crippen molar-refractivity contribution in [3.8, 4) is 0 Å². The first kappa shape index (κ1) is 23.0. The molecule has 0 bridgehead atoms. The Morgan fingerprint density at radius 1 is 1.17 bits per heavy atom. The van der Waals surface area contributed by atoms with E-state index in [9.17, 15) is 9.59 Å². The summed E-state index contributed by atoms with van der Waals surface area (Å²) in [5, 5.41) is 9.12. The van der Waals surface area contributed by atoms with E-state index in [4.69, 9.17) is 4.74 Å². The second-order valence-electron chi connectivity index (χ2n) is 7.62. The second-order valence-corrected chi connectivity index (χ2v) is 7.62. The summed E-state index contributed by atoms with van der Waals surface area (Å²) in [6.45, 7) is 9.11. The Morgan fingerprint density at radius 3 is 2.45 bits per heavy atom. The van der Waals surface area contributed by atoms with Crippen LogP contribution in [0.5, 0.6) is 0 Å². The maximum Gasteiger partial charge on any atom is 0.319 e. The summed E-state index contributed by atoms with van der Waals surface area (Å²) < 4.78 is 5.37. The lowest BCUT2D eigenvalue weighted by Crippen LogP contribution is -2.51. The van der Waals surface area contributed by atoms with Crippen LogP contribution in [-0.4, -0.2) is 81.3 Å². The maximum absolute atomic E-state index is 12.6. The molecule has 1 heterocycles. The van der Waals surface area contributed by atoms with E-state index < -0.39 is 6.04 Å². The molecule has 0 radical (unpaired) electrons. The average molecular weight is 406 g/mol. The van der Waals surface area contributed by atoms with Gasteiger partial charge in [-0.1, -0.05) is 32.4 Å². The monoisotopic (exact) mass is 405 g/mol. The van der Waals surface area contributed by atoms with Gasteiger partial charge in [0.2, 0.25) is 5.91 Å². The Kier molecular flexibility index (Phi) is 9.21. The summed E-state index contributed by atoms with van der Waals surface area (Å²) in [5.74, 6) is -0.0658. The number of ether oxygens (including phenoxy) is 1. The van der Waals surface area contributed by atoms with E-state index >= 15 is 0 Å². The minimum atomic E-state index is -0.559. The molecule has 8 nitrogen and oxygen atoms in total. The van der Waals surface area contributed by atoms with Crippen LogP contribution in [-0.2, 0) is 9.53 Å². The van der Waals surface area contributed by atoms with Crippen LogP contribution in [0.3, 0.4) is 0 Å². The molecule has 1 fully saturated rings. The van der Waals surface area contributed by atoms with Crippen molar-refractivity contribution < 1.29 is 14.3 Å². The van der Waals surface area contributed by atoms with Crippen molar-refractivity contribution in [3.05, 3.63) is 24.3 Å². The SMILES string of the molecule is CCC(C)C(NC(=O)Nc1ccccc1NCCN1CCOCC1)C(=O)N(C)C. The summed E-state index contributed by atoms with van der Waals surface area (Å²) in [6, 6.07) is 6.65. The van der Waals surface area contributed by atoms with E-state index in [-0.39, 0.29) is 17.9 Å². The van der Waals surface area contributed by atoms with Gasteiger partial charge in [0.25, 0.3) is 0 Å². The van der Waals surface area contributed by atoms with Crippen LogP contribution < -0.4 is 16.0 Å². The van der Waals surface area contributed by atoms with Gasteiger partial charge in [-0.2, -0.15) is 0 Å². The average Bonchev–Trinajstić information content (AvgIpc) is 2.73. The number of morpholine rings is 1. The highest BCUT2D eigenvalue weighted by Crippen LogP contribution is 2.21. The van der Waals surface area contributed by atoms with Gasteiger partial charge in [-0.05, 0) is 18.1 Å². The third-order valence-electron chi connectivity index (χ3n) is 5.23. The molecule has 1 aromatic carbocycles. The number of carbonyl (C=O) groups excluding carboxylic acids is 2. The molecule has 0 spiro atoms. The molecule has 1 saturated heterocycles. The fraction of sp³-hybridized carbons (Fsp3) is 0.619. The van der Waals surface area contributed by atoms with Crippen LogP contribution in [0.25, 0.3) is 0 Å². The lowest BCUT2D eigenvalue weighted by molar-refractivity contribution is -0.131. The smallest absolute Gasteiger partial charge is 0.319 e. The van der Waals surface area contributed by atoms with Gasteiger partial charge in [0.1, 0.15) is 6.04 Å². The molecule has 2 rings (SSSR count). The Bertz CT molecular complexity index is 661. The number of amides is 3. The Hall–Kier alpha value is -2.32. The number of carbonyl (C=O) groups is 2. The Morgan fingerprint density at radius 2 is 1.83 bits per heavy atom. The van der Waals surface area contributed by atoms with Crippen molar-refractivity contribution >= 4 is 23.3 Å². The molecule has 3 N–H and O–H groups in total. The minimum Gasteiger partial charge on any atom is -0.382 e. The zero-order valence-electron chi connectivity index (χ0n) is 18.0. The number of para-hydroxylation sites is 2. The van der Waals surface area contributed by atoms with Crippen LogP contribution in [0.2, 0.25) is 0 Å². The number of likely N-dealkylation sites (N-methyl/N-ethyl adjacent to an activating group) is 1. The molecule has 0 saturated carbocycles. The number of hydrogen-bond donors (Lipinski definition) is 3. The Labute approximate surface area is 174 Å². The van der Waals surface area contributed by atoms with E-state index in [1.165, 1.54) is 4.90 Å². The number of urea groups is 1. The lowest BCUT2D eigenvalue weighted by atomic mass is 9.98. The fourth-order valence-corrected chi connectivity index (χ4v) is 3.18. The van der Waals surface area contributed by atoms with Gasteiger partial charge < -0.3 is 25.6 Å². The lowest BCUT2D eigenvalue weighted by Gasteiger charge is -2.27. The molecular weight excluding hydrogens is 370 g/mol. The zero-order chi connectivity index (χ0) is 21.2. The van der Waals surface area contributed by atoms with Crippen LogP contribution >= 0.6 is 0 Å². The standard InChI is InChI=1S/C21H35N5O3/c1-5-16(2)19(20(27)25(3)4)24-21(28)23-18-9-7-6-8-17(18)22-10-11-26-12-14-29-15-13-26/h6-9,16,19,22H,5,10-15H2,1-4H3,(H2,23,24,28). The molecule has 3 amide bonds. The first-order chi connectivity index (χ1) is 13.9. The Balaban J connectivity index is 1.94. The molecule has 1 aliphatic heterocycles. The van der Waals surface area contributed by atoms with Gasteiger partial charge in [-0.3, -0.25) is 9.69 Å². The first-order valence-corrected chi connectivity index (χ1v) is 10.3. The third-order valence-corrected chi connectivity index (χ3v) is 5.23. The van der Waals surface area contributed by atoms with E-state index in [1.54, 1.807) is 14.1 Å². The van der Waals surface area contributed by atoms with Gasteiger partial charge in [0.05, 0.1) is 24.6 Å². The van der Waals surface area contributed by atoms with Crippen molar-refractivity contribution in [2.75, 3.05) is 64.1 Å². The number of nitrogens with zero attached hydrogens (tertiary/aromatic N) is 2. The summed E-state index contributed by atoms with van der Waals surface area (Å²) in [5.41, 5.74) is 1.54. The quantitative estimate of drug-likeness (QED) is 0.586. The highest BCUT2D eigenvalue weighted by atomic mass is 16.5. The van der Waals surface area contributed by atoms with Crippen LogP contribution in [0.4, 0.5) is 16.2 Å². The number of nitrogens with one attached hydrogen (secondary N) is 3. The number of rotatable bonds is 9. The summed E-state index contributed by atoms with van der Waals surface area (Å²) in [6.07, 6.45) is 0.796. The number of hydrogen-bond acceptors (Lipinski definition) is 5. The van der Waals surface area contributed by atoms with E-state index in [0.717, 1.165) is 51.5 Å². The molecule has 1 aliphatic rings. The van der Waals surface area contributed by atoms with Crippen LogP contribution in [0.1, 0.15) is 20.3 Å². The maximum atomic E-state index is 12.6. The molecule has 8 heteroatoms. The highest BCUT2D eigenvalue weighted by Gasteiger charge is 2.27. The normalized spacial score (nSPS) is 16.6. The fourth-order valence-electron chi connectivity index (χ4n) is 3.18. The summed E-state index contributed by atoms with van der Waals surface area (Å²) in [7, 11) is 3.40. The van der Waals surface area contributed by atoms with Crippen molar-refractivity contribution in [1.29, 1.82) is 0 Å². The first-order valence-electron chi connectivity index (χ1n) is 10.3. The molecular formula is C21H35N5O3. The summed E-state index contributed by atoms with van der Waals surface area (Å²) >= 11 is 0. The van der Waals surface area contributed by atoms with Gasteiger partial charge >= 0.3 is 6.03 Å². The molecule has 0 aromatic heterocycles. The van der Waals surface area contributed by atoms with Crippen molar-refractivity contribution in [2.24, 2.45) is 5.92 Å². The molecule has 1 aromatic rings. The molecule has 0 aliphatic carbocycles. The van der Waals surface area contributed by atoms with E-state index in [1.807, 2.05) is 38.1 Å². The van der Waals surface area contributed by atoms with Gasteiger partial charge in [-0.25, -0.2) is 4.79 Å². The van der Waals surface area contributed by atoms with E-state index in [2.05, 4.69) is 20.9 Å². The summed E-state index contributed by atoms with van der Waals surface area (Å²) in [4.78, 5) is 28.9. The van der Waals surface area contributed by atoms with Crippen molar-refractivity contribution in [2.45, 2.75) is 26.3 Å². The molecule has 2 atom stereocenters. The topological polar surface area (TPSA) is 85.9 Å².